The molecule has 0 fully saturated rings. The molecule has 0 unspecified atom stereocenters. The highest BCUT2D eigenvalue weighted by atomic mass is 32.2. The first-order valence-electron chi connectivity index (χ1n) is 5.99. The summed E-state index contributed by atoms with van der Waals surface area (Å²) < 4.78 is 18.6. The highest BCUT2D eigenvalue weighted by molar-refractivity contribution is 8.01. The molecule has 6 heteroatoms. The van der Waals surface area contributed by atoms with Crippen LogP contribution in [-0.4, -0.2) is 14.5 Å². The predicted molar refractivity (Wildman–Crippen MR) is 75.2 cm³/mol. The number of rotatable bonds is 4. The van der Waals surface area contributed by atoms with Crippen LogP contribution in [0.15, 0.2) is 21.4 Å². The van der Waals surface area contributed by atoms with E-state index in [1.165, 1.54) is 29.4 Å². The number of aromatic nitrogens is 2. The largest absolute Gasteiger partial charge is 0.389 e. The van der Waals surface area contributed by atoms with Gasteiger partial charge in [0.15, 0.2) is 4.34 Å². The minimum atomic E-state index is -0.712. The van der Waals surface area contributed by atoms with E-state index >= 15 is 0 Å². The van der Waals surface area contributed by atoms with Crippen LogP contribution in [0.25, 0.3) is 0 Å². The van der Waals surface area contributed by atoms with E-state index in [1.54, 1.807) is 19.9 Å². The molecule has 0 spiro atoms. The van der Waals surface area contributed by atoms with Gasteiger partial charge in [-0.1, -0.05) is 18.7 Å². The maximum absolute atomic E-state index is 13.6. The van der Waals surface area contributed by atoms with Crippen molar-refractivity contribution in [1.82, 2.24) is 9.36 Å². The Kier molecular flexibility index (Phi) is 4.54. The monoisotopic (exact) mass is 298 g/mol. The number of aliphatic hydroxyl groups excluding tert-OH is 1. The van der Waals surface area contributed by atoms with Crippen molar-refractivity contribution in [2.24, 2.45) is 0 Å². The SMILES string of the molecule is CCc1nsc(Sc2cc(C)c(F)cc2[C@@H](C)O)n1. The summed E-state index contributed by atoms with van der Waals surface area (Å²) in [6.45, 7) is 5.34. The van der Waals surface area contributed by atoms with Crippen molar-refractivity contribution in [1.29, 1.82) is 0 Å². The van der Waals surface area contributed by atoms with Crippen LogP contribution in [0.4, 0.5) is 4.39 Å². The van der Waals surface area contributed by atoms with Crippen molar-refractivity contribution in [2.45, 2.75) is 42.5 Å². The van der Waals surface area contributed by atoms with Crippen LogP contribution in [0.5, 0.6) is 0 Å². The number of aryl methyl sites for hydroxylation is 2. The molecule has 19 heavy (non-hydrogen) atoms. The zero-order valence-electron chi connectivity index (χ0n) is 11.0. The van der Waals surface area contributed by atoms with Crippen molar-refractivity contribution in [3.8, 4) is 0 Å². The van der Waals surface area contributed by atoms with E-state index in [9.17, 15) is 9.50 Å². The second-order valence-corrected chi connectivity index (χ2v) is 6.29. The molecule has 2 aromatic rings. The summed E-state index contributed by atoms with van der Waals surface area (Å²) in [5, 5.41) is 9.74. The van der Waals surface area contributed by atoms with E-state index in [0.29, 0.717) is 11.1 Å². The molecule has 0 aliphatic rings. The van der Waals surface area contributed by atoms with Crippen LogP contribution < -0.4 is 0 Å². The lowest BCUT2D eigenvalue weighted by molar-refractivity contribution is 0.196. The Morgan fingerprint density at radius 2 is 2.21 bits per heavy atom. The van der Waals surface area contributed by atoms with Gasteiger partial charge in [0, 0.05) is 11.3 Å². The molecular weight excluding hydrogens is 283 g/mol. The van der Waals surface area contributed by atoms with Gasteiger partial charge in [0.25, 0.3) is 0 Å². The highest BCUT2D eigenvalue weighted by Gasteiger charge is 2.14. The van der Waals surface area contributed by atoms with Crippen molar-refractivity contribution >= 4 is 23.3 Å². The van der Waals surface area contributed by atoms with Gasteiger partial charge in [-0.05, 0) is 48.6 Å². The summed E-state index contributed by atoms with van der Waals surface area (Å²) in [7, 11) is 0. The molecule has 0 bridgehead atoms. The van der Waals surface area contributed by atoms with Gasteiger partial charge >= 0.3 is 0 Å². The summed E-state index contributed by atoms with van der Waals surface area (Å²) in [4.78, 5) is 5.20. The summed E-state index contributed by atoms with van der Waals surface area (Å²) in [6.07, 6.45) is 0.0825. The molecule has 0 amide bonds. The van der Waals surface area contributed by atoms with E-state index in [-0.39, 0.29) is 5.82 Å². The van der Waals surface area contributed by atoms with Crippen LogP contribution in [0.3, 0.4) is 0 Å². The van der Waals surface area contributed by atoms with Crippen LogP contribution in [0.2, 0.25) is 0 Å². The lowest BCUT2D eigenvalue weighted by atomic mass is 10.1. The fraction of sp³-hybridized carbons (Fsp3) is 0.385. The van der Waals surface area contributed by atoms with Crippen molar-refractivity contribution < 1.29 is 9.50 Å². The van der Waals surface area contributed by atoms with Crippen molar-refractivity contribution in [3.63, 3.8) is 0 Å². The van der Waals surface area contributed by atoms with Gasteiger partial charge in [0.05, 0.1) is 6.10 Å². The average molecular weight is 298 g/mol. The molecule has 1 atom stereocenters. The topological polar surface area (TPSA) is 46.0 Å². The first-order valence-corrected chi connectivity index (χ1v) is 7.58. The van der Waals surface area contributed by atoms with Crippen molar-refractivity contribution in [2.75, 3.05) is 0 Å². The van der Waals surface area contributed by atoms with E-state index < -0.39 is 6.10 Å². The normalized spacial score (nSPS) is 12.7. The minimum absolute atomic E-state index is 0.299. The third-order valence-electron chi connectivity index (χ3n) is 2.70. The summed E-state index contributed by atoms with van der Waals surface area (Å²) >= 11 is 2.75. The zero-order chi connectivity index (χ0) is 14.0. The Hall–Kier alpha value is -0.980. The standard InChI is InChI=1S/C13H15FN2OS2/c1-4-12-15-13(19-16-12)18-11-5-7(2)10(14)6-9(11)8(3)17/h5-6,8,17H,4H2,1-3H3/t8-/m1/s1. The molecular formula is C13H15FN2OS2. The average Bonchev–Trinajstić information content (AvgIpc) is 2.81. The minimum Gasteiger partial charge on any atom is -0.389 e. The lowest BCUT2D eigenvalue weighted by Gasteiger charge is -2.12. The molecule has 1 aromatic heterocycles. The summed E-state index contributed by atoms with van der Waals surface area (Å²) in [6, 6.07) is 3.14. The number of nitrogens with zero attached hydrogens (tertiary/aromatic N) is 2. The van der Waals surface area contributed by atoms with Gasteiger partial charge in [-0.25, -0.2) is 9.37 Å². The number of halogens is 1. The van der Waals surface area contributed by atoms with E-state index in [0.717, 1.165) is 21.5 Å². The highest BCUT2D eigenvalue weighted by Crippen LogP contribution is 2.35. The Labute approximate surface area is 120 Å². The summed E-state index contributed by atoms with van der Waals surface area (Å²) in [5.74, 6) is 0.511. The van der Waals surface area contributed by atoms with Crippen LogP contribution in [-0.2, 0) is 6.42 Å². The van der Waals surface area contributed by atoms with Crippen LogP contribution in [0, 0.1) is 12.7 Å². The first kappa shape index (κ1) is 14.4. The summed E-state index contributed by atoms with van der Waals surface area (Å²) in [5.41, 5.74) is 1.15. The van der Waals surface area contributed by atoms with Gasteiger partial charge in [0.1, 0.15) is 11.6 Å². The van der Waals surface area contributed by atoms with Crippen LogP contribution >= 0.6 is 23.3 Å². The number of hydrogen-bond acceptors (Lipinski definition) is 5. The third kappa shape index (κ3) is 3.32. The zero-order valence-corrected chi connectivity index (χ0v) is 12.6. The Bertz CT molecular complexity index is 584. The Morgan fingerprint density at radius 3 is 2.79 bits per heavy atom. The molecule has 102 valence electrons. The van der Waals surface area contributed by atoms with Gasteiger partial charge in [0.2, 0.25) is 0 Å². The molecule has 1 N–H and O–H groups in total. The van der Waals surface area contributed by atoms with Crippen LogP contribution in [0.1, 0.15) is 36.9 Å². The third-order valence-corrected chi connectivity index (χ3v) is 4.57. The second kappa shape index (κ2) is 5.98. The van der Waals surface area contributed by atoms with E-state index in [4.69, 9.17) is 0 Å². The van der Waals surface area contributed by atoms with Gasteiger partial charge < -0.3 is 5.11 Å². The van der Waals surface area contributed by atoms with E-state index in [2.05, 4.69) is 9.36 Å². The predicted octanol–water partition coefficient (Wildman–Crippen LogP) is 3.75. The van der Waals surface area contributed by atoms with Gasteiger partial charge in [-0.15, -0.1) is 0 Å². The Balaban J connectivity index is 2.35. The molecule has 3 nitrogen and oxygen atoms in total. The number of hydrogen-bond donors (Lipinski definition) is 1. The molecule has 0 saturated heterocycles. The lowest BCUT2D eigenvalue weighted by Crippen LogP contribution is -1.97. The fourth-order valence-electron chi connectivity index (χ4n) is 1.60. The number of aliphatic hydroxyl groups is 1. The van der Waals surface area contributed by atoms with E-state index in [1.807, 2.05) is 6.92 Å². The first-order chi connectivity index (χ1) is 9.01. The van der Waals surface area contributed by atoms with Gasteiger partial charge in [-0.2, -0.15) is 4.37 Å². The molecule has 1 aromatic carbocycles. The quantitative estimate of drug-likeness (QED) is 0.933. The fourth-order valence-corrected chi connectivity index (χ4v) is 3.55. The molecule has 0 aliphatic carbocycles. The maximum atomic E-state index is 13.6. The number of benzene rings is 1. The molecule has 1 heterocycles. The van der Waals surface area contributed by atoms with Crippen molar-refractivity contribution in [3.05, 3.63) is 34.9 Å². The molecule has 0 saturated carbocycles. The molecule has 2 rings (SSSR count). The smallest absolute Gasteiger partial charge is 0.174 e. The second-order valence-electron chi connectivity index (χ2n) is 4.25. The molecule has 0 aliphatic heterocycles. The maximum Gasteiger partial charge on any atom is 0.174 e. The van der Waals surface area contributed by atoms with Gasteiger partial charge in [-0.3, -0.25) is 0 Å². The molecule has 0 radical (unpaired) electrons. The Morgan fingerprint density at radius 1 is 1.47 bits per heavy atom.